The molecule has 3 aliphatic rings. The fraction of sp³-hybridized carbons (Fsp3) is 0.391. The molecule has 2 heterocycles. The summed E-state index contributed by atoms with van der Waals surface area (Å²) in [5.41, 5.74) is 1.19. The second-order valence-corrected chi connectivity index (χ2v) is 8.94. The molecule has 6 nitrogen and oxygen atoms in total. The van der Waals surface area contributed by atoms with Crippen molar-refractivity contribution in [2.24, 2.45) is 0 Å². The highest BCUT2D eigenvalue weighted by molar-refractivity contribution is 6.30. The van der Waals surface area contributed by atoms with Crippen molar-refractivity contribution in [1.29, 1.82) is 0 Å². The molecule has 1 saturated carbocycles. The first-order chi connectivity index (χ1) is 14.4. The molecule has 2 N–H and O–H groups in total. The Kier molecular flexibility index (Phi) is 4.62. The van der Waals surface area contributed by atoms with Gasteiger partial charge in [0.15, 0.2) is 5.72 Å². The number of hydrogen-bond donors (Lipinski definition) is 2. The Labute approximate surface area is 180 Å². The molecule has 2 atom stereocenters. The maximum atomic E-state index is 13.1. The number of hydrogen-bond acceptors (Lipinski definition) is 3. The SMILES string of the molecule is CC12CC(NC(=O)N1c1cccc(C(=O)NC3CCCC3)c1)c1cc(Cl)ccc1O2. The summed E-state index contributed by atoms with van der Waals surface area (Å²) in [4.78, 5) is 27.4. The number of ether oxygens (including phenoxy) is 1. The molecule has 2 unspecified atom stereocenters. The van der Waals surface area contributed by atoms with Crippen LogP contribution in [0.5, 0.6) is 5.75 Å². The number of anilines is 1. The Morgan fingerprint density at radius 2 is 2.03 bits per heavy atom. The van der Waals surface area contributed by atoms with Crippen molar-refractivity contribution >= 4 is 29.2 Å². The van der Waals surface area contributed by atoms with Crippen LogP contribution in [0.3, 0.4) is 0 Å². The van der Waals surface area contributed by atoms with E-state index in [4.69, 9.17) is 16.3 Å². The van der Waals surface area contributed by atoms with E-state index < -0.39 is 5.72 Å². The number of carbonyl (C=O) groups excluding carboxylic acids is 2. The summed E-state index contributed by atoms with van der Waals surface area (Å²) >= 11 is 6.14. The van der Waals surface area contributed by atoms with Gasteiger partial charge < -0.3 is 15.4 Å². The molecule has 1 saturated heterocycles. The van der Waals surface area contributed by atoms with Crippen LogP contribution in [0.1, 0.15) is 61.0 Å². The lowest BCUT2D eigenvalue weighted by Gasteiger charge is -2.50. The van der Waals surface area contributed by atoms with Gasteiger partial charge in [0, 0.05) is 28.6 Å². The van der Waals surface area contributed by atoms with Crippen LogP contribution in [0.2, 0.25) is 5.02 Å². The predicted molar refractivity (Wildman–Crippen MR) is 115 cm³/mol. The van der Waals surface area contributed by atoms with Gasteiger partial charge in [0.25, 0.3) is 5.91 Å². The van der Waals surface area contributed by atoms with Crippen molar-refractivity contribution in [2.75, 3.05) is 4.90 Å². The van der Waals surface area contributed by atoms with Crippen molar-refractivity contribution in [3.63, 3.8) is 0 Å². The van der Waals surface area contributed by atoms with Crippen LogP contribution in [0.15, 0.2) is 42.5 Å². The number of benzene rings is 2. The Morgan fingerprint density at radius 1 is 1.23 bits per heavy atom. The molecule has 1 aliphatic carbocycles. The lowest BCUT2D eigenvalue weighted by atomic mass is 9.90. The predicted octanol–water partition coefficient (Wildman–Crippen LogP) is 4.78. The summed E-state index contributed by atoms with van der Waals surface area (Å²) in [7, 11) is 0. The van der Waals surface area contributed by atoms with Gasteiger partial charge in [-0.25, -0.2) is 4.79 Å². The minimum atomic E-state index is -0.867. The number of amides is 3. The average molecular weight is 426 g/mol. The second kappa shape index (κ2) is 7.20. The quantitative estimate of drug-likeness (QED) is 0.743. The van der Waals surface area contributed by atoms with E-state index in [1.807, 2.05) is 25.1 Å². The van der Waals surface area contributed by atoms with Gasteiger partial charge in [0.1, 0.15) is 5.75 Å². The van der Waals surface area contributed by atoms with E-state index >= 15 is 0 Å². The summed E-state index contributed by atoms with van der Waals surface area (Å²) in [5, 5.41) is 6.78. The van der Waals surface area contributed by atoms with Crippen LogP contribution in [0, 0.1) is 0 Å². The fourth-order valence-corrected chi connectivity index (χ4v) is 5.04. The number of nitrogens with one attached hydrogen (secondary N) is 2. The topological polar surface area (TPSA) is 70.7 Å². The van der Waals surface area contributed by atoms with Crippen molar-refractivity contribution in [3.05, 3.63) is 58.6 Å². The normalized spacial score (nSPS) is 25.3. The number of rotatable bonds is 3. The molecule has 2 bridgehead atoms. The molecule has 5 rings (SSSR count). The highest BCUT2D eigenvalue weighted by Crippen LogP contribution is 2.46. The minimum Gasteiger partial charge on any atom is -0.467 e. The van der Waals surface area contributed by atoms with Crippen LogP contribution >= 0.6 is 11.6 Å². The van der Waals surface area contributed by atoms with E-state index in [0.717, 1.165) is 31.2 Å². The maximum Gasteiger partial charge on any atom is 0.325 e. The van der Waals surface area contributed by atoms with Crippen LogP contribution < -0.4 is 20.3 Å². The molecule has 2 aromatic rings. The first-order valence-electron chi connectivity index (χ1n) is 10.4. The van der Waals surface area contributed by atoms with Crippen LogP contribution in [0.4, 0.5) is 10.5 Å². The lowest BCUT2D eigenvalue weighted by molar-refractivity contribution is 0.0378. The van der Waals surface area contributed by atoms with Gasteiger partial charge in [-0.05, 0) is 56.2 Å². The van der Waals surface area contributed by atoms with Crippen LogP contribution in [0.25, 0.3) is 0 Å². The number of fused-ring (bicyclic) bond motifs is 4. The Bertz CT molecular complexity index is 1020. The smallest absolute Gasteiger partial charge is 0.325 e. The number of urea groups is 1. The first-order valence-corrected chi connectivity index (χ1v) is 10.8. The van der Waals surface area contributed by atoms with E-state index in [2.05, 4.69) is 10.6 Å². The summed E-state index contributed by atoms with van der Waals surface area (Å²) in [5.74, 6) is 0.604. The molecule has 156 valence electrons. The highest BCUT2D eigenvalue weighted by Gasteiger charge is 2.50. The third kappa shape index (κ3) is 3.29. The summed E-state index contributed by atoms with van der Waals surface area (Å²) < 4.78 is 6.30. The van der Waals surface area contributed by atoms with E-state index in [9.17, 15) is 9.59 Å². The Hall–Kier alpha value is -2.73. The summed E-state index contributed by atoms with van der Waals surface area (Å²) in [6.07, 6.45) is 4.93. The van der Waals surface area contributed by atoms with Gasteiger partial charge in [-0.3, -0.25) is 9.69 Å². The molecule has 2 aliphatic heterocycles. The Balaban J connectivity index is 1.45. The van der Waals surface area contributed by atoms with Gasteiger partial charge in [-0.15, -0.1) is 0 Å². The van der Waals surface area contributed by atoms with Crippen LogP contribution in [-0.4, -0.2) is 23.7 Å². The van der Waals surface area contributed by atoms with E-state index in [0.29, 0.717) is 28.4 Å². The first kappa shape index (κ1) is 19.2. The largest absolute Gasteiger partial charge is 0.467 e. The average Bonchev–Trinajstić information content (AvgIpc) is 3.21. The monoisotopic (exact) mass is 425 g/mol. The molecule has 0 spiro atoms. The molecular formula is C23H24ClN3O3. The molecule has 3 amide bonds. The third-order valence-corrected chi connectivity index (χ3v) is 6.53. The van der Waals surface area contributed by atoms with Crippen molar-refractivity contribution < 1.29 is 14.3 Å². The van der Waals surface area contributed by atoms with Gasteiger partial charge in [0.05, 0.1) is 11.7 Å². The van der Waals surface area contributed by atoms with Gasteiger partial charge in [0.2, 0.25) is 0 Å². The molecule has 0 radical (unpaired) electrons. The minimum absolute atomic E-state index is 0.103. The Morgan fingerprint density at radius 3 is 2.83 bits per heavy atom. The van der Waals surface area contributed by atoms with Crippen LogP contribution in [-0.2, 0) is 0 Å². The number of carbonyl (C=O) groups is 2. The van der Waals surface area contributed by atoms with Crippen molar-refractivity contribution in [2.45, 2.75) is 56.8 Å². The highest BCUT2D eigenvalue weighted by atomic mass is 35.5. The van der Waals surface area contributed by atoms with E-state index in [1.165, 1.54) is 0 Å². The summed E-state index contributed by atoms with van der Waals surface area (Å²) in [6.45, 7) is 1.90. The van der Waals surface area contributed by atoms with Crippen molar-refractivity contribution in [1.82, 2.24) is 10.6 Å². The number of halogens is 1. The zero-order valence-electron chi connectivity index (χ0n) is 16.8. The van der Waals surface area contributed by atoms with Gasteiger partial charge in [-0.1, -0.05) is 30.5 Å². The third-order valence-electron chi connectivity index (χ3n) is 6.29. The molecular weight excluding hydrogens is 402 g/mol. The van der Waals surface area contributed by atoms with E-state index in [1.54, 1.807) is 29.2 Å². The second-order valence-electron chi connectivity index (χ2n) is 8.51. The maximum absolute atomic E-state index is 13.1. The van der Waals surface area contributed by atoms with Crippen molar-refractivity contribution in [3.8, 4) is 5.75 Å². The lowest BCUT2D eigenvalue weighted by Crippen LogP contribution is -2.65. The number of nitrogens with zero attached hydrogens (tertiary/aromatic N) is 1. The molecule has 7 heteroatoms. The molecule has 30 heavy (non-hydrogen) atoms. The molecule has 0 aromatic heterocycles. The molecule has 2 aromatic carbocycles. The zero-order valence-corrected chi connectivity index (χ0v) is 17.5. The standard InChI is InChI=1S/C23H24ClN3O3/c1-23-13-19(18-12-15(24)9-10-20(18)30-23)26-22(29)27(23)17-8-4-5-14(11-17)21(28)25-16-6-2-3-7-16/h4-5,8-12,16,19H,2-3,6-7,13H2,1H3,(H,25,28)(H,26,29). The molecule has 2 fully saturated rings. The summed E-state index contributed by atoms with van der Waals surface area (Å²) in [6, 6.07) is 12.4. The van der Waals surface area contributed by atoms with E-state index in [-0.39, 0.29) is 24.0 Å². The van der Waals surface area contributed by atoms with Gasteiger partial charge >= 0.3 is 6.03 Å². The van der Waals surface area contributed by atoms with Gasteiger partial charge in [-0.2, -0.15) is 0 Å². The zero-order chi connectivity index (χ0) is 20.9. The fourth-order valence-electron chi connectivity index (χ4n) is 4.86.